The van der Waals surface area contributed by atoms with E-state index >= 15 is 0 Å². The van der Waals surface area contributed by atoms with Crippen LogP contribution in [0.3, 0.4) is 0 Å². The van der Waals surface area contributed by atoms with Crippen molar-refractivity contribution < 1.29 is 14.6 Å². The molecule has 2 aromatic carbocycles. The molecule has 0 radical (unpaired) electrons. The van der Waals surface area contributed by atoms with Gasteiger partial charge in [-0.15, -0.1) is 11.3 Å². The van der Waals surface area contributed by atoms with Gasteiger partial charge in [0.2, 0.25) is 0 Å². The van der Waals surface area contributed by atoms with Crippen molar-refractivity contribution in [2.24, 2.45) is 0 Å². The van der Waals surface area contributed by atoms with E-state index < -0.39 is 5.97 Å². The lowest BCUT2D eigenvalue weighted by Crippen LogP contribution is -2.24. The molecule has 1 N–H and O–H groups in total. The van der Waals surface area contributed by atoms with Crippen LogP contribution in [0, 0.1) is 0 Å². The van der Waals surface area contributed by atoms with E-state index in [2.05, 4.69) is 22.4 Å². The maximum absolute atomic E-state index is 10.5. The van der Waals surface area contributed by atoms with E-state index in [-0.39, 0.29) is 6.42 Å². The van der Waals surface area contributed by atoms with E-state index in [1.807, 2.05) is 42.5 Å². The third kappa shape index (κ3) is 5.06. The fraction of sp³-hybridized carbons (Fsp3) is 0.158. The first kappa shape index (κ1) is 17.0. The minimum absolute atomic E-state index is 0.164. The molecule has 0 atom stereocenters. The van der Waals surface area contributed by atoms with Gasteiger partial charge in [0.05, 0.1) is 12.2 Å². The Hall–Kier alpha value is -2.86. The van der Waals surface area contributed by atoms with Gasteiger partial charge in [-0.1, -0.05) is 42.5 Å². The third-order valence-corrected chi connectivity index (χ3v) is 4.33. The highest BCUT2D eigenvalue weighted by Gasteiger charge is 2.02. The minimum atomic E-state index is -1.13. The van der Waals surface area contributed by atoms with Crippen LogP contribution in [0.2, 0.25) is 0 Å². The van der Waals surface area contributed by atoms with Crippen LogP contribution in [0.25, 0.3) is 11.1 Å². The summed E-state index contributed by atoms with van der Waals surface area (Å²) in [5.74, 6) is -0.322. The highest BCUT2D eigenvalue weighted by atomic mass is 32.1. The Bertz CT molecular complexity index is 816. The summed E-state index contributed by atoms with van der Waals surface area (Å²) in [6.07, 6.45) is -0.164. The number of nitrogens with zero attached hydrogens (tertiary/aromatic N) is 1. The molecular formula is C19H17N2O3S-. The molecule has 0 fully saturated rings. The number of hydrogen-bond acceptors (Lipinski definition) is 6. The Morgan fingerprint density at radius 1 is 1.08 bits per heavy atom. The quantitative estimate of drug-likeness (QED) is 0.630. The van der Waals surface area contributed by atoms with Crippen LogP contribution in [-0.2, 0) is 11.2 Å². The number of benzene rings is 2. The lowest BCUT2D eigenvalue weighted by molar-refractivity contribution is -0.304. The van der Waals surface area contributed by atoms with Gasteiger partial charge in [-0.2, -0.15) is 0 Å². The molecule has 25 heavy (non-hydrogen) atoms. The van der Waals surface area contributed by atoms with Crippen molar-refractivity contribution in [2.75, 3.05) is 18.5 Å². The van der Waals surface area contributed by atoms with Crippen LogP contribution in [0.4, 0.5) is 5.13 Å². The SMILES string of the molecule is O=C([O-])Cc1csc(NCCOc2ccc(-c3ccccc3)cc2)n1. The van der Waals surface area contributed by atoms with Crippen molar-refractivity contribution in [2.45, 2.75) is 6.42 Å². The molecule has 6 heteroatoms. The van der Waals surface area contributed by atoms with Gasteiger partial charge in [0.1, 0.15) is 12.4 Å². The second-order valence-electron chi connectivity index (χ2n) is 5.36. The summed E-state index contributed by atoms with van der Waals surface area (Å²) in [5.41, 5.74) is 2.83. The molecule has 0 aliphatic carbocycles. The molecule has 0 amide bonds. The number of carbonyl (C=O) groups is 1. The number of thiazole rings is 1. The number of aliphatic carboxylic acids is 1. The number of carboxylic acid groups (broad SMARTS) is 1. The Morgan fingerprint density at radius 2 is 1.80 bits per heavy atom. The van der Waals surface area contributed by atoms with Crippen LogP contribution >= 0.6 is 11.3 Å². The van der Waals surface area contributed by atoms with E-state index in [4.69, 9.17) is 4.74 Å². The predicted molar refractivity (Wildman–Crippen MR) is 96.7 cm³/mol. The molecule has 0 spiro atoms. The lowest BCUT2D eigenvalue weighted by Gasteiger charge is -2.08. The molecule has 0 unspecified atom stereocenters. The lowest BCUT2D eigenvalue weighted by atomic mass is 10.1. The summed E-state index contributed by atoms with van der Waals surface area (Å²) in [7, 11) is 0. The van der Waals surface area contributed by atoms with Gasteiger partial charge in [0.25, 0.3) is 0 Å². The van der Waals surface area contributed by atoms with Gasteiger partial charge in [-0.25, -0.2) is 4.98 Å². The highest BCUT2D eigenvalue weighted by molar-refractivity contribution is 7.13. The Balaban J connectivity index is 1.44. The number of aromatic nitrogens is 1. The van der Waals surface area contributed by atoms with Crippen molar-refractivity contribution in [3.8, 4) is 16.9 Å². The number of carbonyl (C=O) groups excluding carboxylic acids is 1. The summed E-state index contributed by atoms with van der Waals surface area (Å²) in [5, 5.41) is 16.0. The number of hydrogen-bond donors (Lipinski definition) is 1. The Kier molecular flexibility index (Phi) is 5.64. The molecule has 0 bridgehead atoms. The average molecular weight is 353 g/mol. The van der Waals surface area contributed by atoms with Gasteiger partial charge in [0, 0.05) is 17.8 Å². The van der Waals surface area contributed by atoms with E-state index in [1.54, 1.807) is 5.38 Å². The van der Waals surface area contributed by atoms with Crippen LogP contribution < -0.4 is 15.2 Å². The minimum Gasteiger partial charge on any atom is -0.550 e. The molecule has 0 aliphatic rings. The molecule has 5 nitrogen and oxygen atoms in total. The van der Waals surface area contributed by atoms with Crippen LogP contribution in [-0.4, -0.2) is 24.1 Å². The fourth-order valence-corrected chi connectivity index (χ4v) is 3.06. The first-order valence-electron chi connectivity index (χ1n) is 7.87. The first-order valence-corrected chi connectivity index (χ1v) is 8.75. The van der Waals surface area contributed by atoms with E-state index in [0.29, 0.717) is 24.0 Å². The van der Waals surface area contributed by atoms with Crippen LogP contribution in [0.1, 0.15) is 5.69 Å². The normalized spacial score (nSPS) is 10.4. The molecule has 3 aromatic rings. The maximum Gasteiger partial charge on any atom is 0.182 e. The number of nitrogens with one attached hydrogen (secondary N) is 1. The van der Waals surface area contributed by atoms with Crippen molar-refractivity contribution >= 4 is 22.4 Å². The molecule has 0 saturated heterocycles. The largest absolute Gasteiger partial charge is 0.550 e. The predicted octanol–water partition coefficient (Wildman–Crippen LogP) is 2.59. The van der Waals surface area contributed by atoms with Crippen LogP contribution in [0.15, 0.2) is 60.0 Å². The zero-order chi connectivity index (χ0) is 17.5. The van der Waals surface area contributed by atoms with Gasteiger partial charge in [-0.3, -0.25) is 0 Å². The summed E-state index contributed by atoms with van der Waals surface area (Å²) < 4.78 is 5.70. The van der Waals surface area contributed by atoms with E-state index in [9.17, 15) is 9.90 Å². The summed E-state index contributed by atoms with van der Waals surface area (Å²) >= 11 is 1.37. The maximum atomic E-state index is 10.5. The zero-order valence-electron chi connectivity index (χ0n) is 13.5. The average Bonchev–Trinajstić information content (AvgIpc) is 3.06. The number of carboxylic acids is 1. The fourth-order valence-electron chi connectivity index (χ4n) is 2.32. The van der Waals surface area contributed by atoms with Crippen LogP contribution in [0.5, 0.6) is 5.75 Å². The van der Waals surface area contributed by atoms with Crippen molar-refractivity contribution in [3.63, 3.8) is 0 Å². The molecule has 0 saturated carbocycles. The zero-order valence-corrected chi connectivity index (χ0v) is 14.3. The molecule has 128 valence electrons. The van der Waals surface area contributed by atoms with E-state index in [0.717, 1.165) is 11.3 Å². The van der Waals surface area contributed by atoms with Gasteiger partial charge >= 0.3 is 0 Å². The molecule has 0 aliphatic heterocycles. The Labute approximate surface area is 149 Å². The second-order valence-corrected chi connectivity index (χ2v) is 6.22. The van der Waals surface area contributed by atoms with Crippen molar-refractivity contribution in [3.05, 3.63) is 65.7 Å². The summed E-state index contributed by atoms with van der Waals surface area (Å²) in [4.78, 5) is 14.7. The molecular weight excluding hydrogens is 336 g/mol. The topological polar surface area (TPSA) is 74.3 Å². The summed E-state index contributed by atoms with van der Waals surface area (Å²) in [6, 6.07) is 18.1. The van der Waals surface area contributed by atoms with Gasteiger partial charge < -0.3 is 20.0 Å². The molecule has 1 heterocycles. The Morgan fingerprint density at radius 3 is 2.52 bits per heavy atom. The number of anilines is 1. The van der Waals surface area contributed by atoms with Crippen molar-refractivity contribution in [1.29, 1.82) is 0 Å². The van der Waals surface area contributed by atoms with Crippen molar-refractivity contribution in [1.82, 2.24) is 4.98 Å². The monoisotopic (exact) mass is 353 g/mol. The highest BCUT2D eigenvalue weighted by Crippen LogP contribution is 2.22. The molecule has 3 rings (SSSR count). The summed E-state index contributed by atoms with van der Waals surface area (Å²) in [6.45, 7) is 1.07. The smallest absolute Gasteiger partial charge is 0.182 e. The second kappa shape index (κ2) is 8.30. The molecule has 1 aromatic heterocycles. The number of ether oxygens (including phenoxy) is 1. The third-order valence-electron chi connectivity index (χ3n) is 3.49. The number of rotatable bonds is 8. The standard InChI is InChI=1S/C19H18N2O3S/c22-18(23)12-16-13-25-19(21-16)20-10-11-24-17-8-6-15(7-9-17)14-4-2-1-3-5-14/h1-9,13H,10-12H2,(H,20,21)(H,22,23)/p-1. The first-order chi connectivity index (χ1) is 12.2. The van der Waals surface area contributed by atoms with Gasteiger partial charge in [-0.05, 0) is 23.3 Å². The van der Waals surface area contributed by atoms with E-state index in [1.165, 1.54) is 16.9 Å². The van der Waals surface area contributed by atoms with Gasteiger partial charge in [0.15, 0.2) is 5.13 Å².